The number of carbonyl (C=O) groups is 1. The van der Waals surface area contributed by atoms with Gasteiger partial charge < -0.3 is 18.8 Å². The molecule has 3 N–H and O–H groups in total. The summed E-state index contributed by atoms with van der Waals surface area (Å²) in [4.78, 5) is 36.6. The van der Waals surface area contributed by atoms with E-state index >= 15 is 0 Å². The molecule has 0 atom stereocenters. The normalized spacial score (nSPS) is 11.6. The first-order chi connectivity index (χ1) is 8.45. The molecule has 0 spiro atoms. The third kappa shape index (κ3) is 13.6. The average molecular weight is 278 g/mol. The third-order valence-electron chi connectivity index (χ3n) is 2.74. The van der Waals surface area contributed by atoms with Crippen molar-refractivity contribution in [3.63, 3.8) is 0 Å². The Labute approximate surface area is 110 Å². The minimum absolute atomic E-state index is 0.131. The Bertz CT molecular complexity index is 215. The fraction of sp³-hybridized carbons (Fsp3) is 0.917. The first kappa shape index (κ1) is 17.6. The summed E-state index contributed by atoms with van der Waals surface area (Å²) in [6.45, 7) is 2.20. The van der Waals surface area contributed by atoms with Gasteiger partial charge in [0.2, 0.25) is 0 Å². The van der Waals surface area contributed by atoms with Crippen molar-refractivity contribution >= 4 is 15.0 Å². The summed E-state index contributed by atoms with van der Waals surface area (Å²) in [5, 5.41) is 0. The molecule has 0 radical (unpaired) electrons. The molecule has 0 bridgehead atoms. The van der Waals surface area contributed by atoms with Crippen molar-refractivity contribution in [3.05, 3.63) is 0 Å². The molecule has 0 heterocycles. The van der Waals surface area contributed by atoms with Crippen LogP contribution in [0.3, 0.4) is 0 Å². The lowest BCUT2D eigenvalue weighted by atomic mass is 10.1. The van der Waals surface area contributed by atoms with Crippen LogP contribution in [0.2, 0.25) is 0 Å². The fourth-order valence-corrected chi connectivity index (χ4v) is 2.19. The molecule has 0 saturated heterocycles. The van der Waals surface area contributed by atoms with Crippen LogP contribution in [-0.4, -0.2) is 29.4 Å². The van der Waals surface area contributed by atoms with Crippen LogP contribution >= 0.6 is 0 Å². The maximum Gasteiger partial charge on any atom is 0.743 e. The van der Waals surface area contributed by atoms with Gasteiger partial charge in [0.25, 0.3) is 5.97 Å². The standard InChI is InChI=1S/C12H26O5Si/c1-2-3-4-5-6-7-8-9-10-11-12(13)17-18(14,15)16/h14-16H,2-11H2,1H3. The molecule has 0 unspecified atom stereocenters. The second-order valence-corrected chi connectivity index (χ2v) is 5.98. The predicted molar refractivity (Wildman–Crippen MR) is 70.3 cm³/mol. The maximum absolute atomic E-state index is 11.0. The Morgan fingerprint density at radius 2 is 1.33 bits per heavy atom. The summed E-state index contributed by atoms with van der Waals surface area (Å²) < 4.78 is 4.08. The molecule has 6 heteroatoms. The molecular formula is C12H26O5Si. The Balaban J connectivity index is 3.23. The van der Waals surface area contributed by atoms with E-state index in [1.54, 1.807) is 0 Å². The third-order valence-corrected chi connectivity index (χ3v) is 3.24. The van der Waals surface area contributed by atoms with Crippen LogP contribution in [0.4, 0.5) is 0 Å². The molecule has 0 amide bonds. The molecule has 0 rings (SSSR count). The van der Waals surface area contributed by atoms with E-state index in [1.807, 2.05) is 0 Å². The van der Waals surface area contributed by atoms with E-state index in [1.165, 1.54) is 38.5 Å². The zero-order valence-corrected chi connectivity index (χ0v) is 12.2. The van der Waals surface area contributed by atoms with E-state index < -0.39 is 15.0 Å². The van der Waals surface area contributed by atoms with Gasteiger partial charge in [-0.1, -0.05) is 58.3 Å². The summed E-state index contributed by atoms with van der Waals surface area (Å²) in [7, 11) is -4.66. The molecule has 0 saturated carbocycles. The van der Waals surface area contributed by atoms with Gasteiger partial charge >= 0.3 is 9.05 Å². The number of carbonyl (C=O) groups excluding carboxylic acids is 1. The molecule has 0 aromatic carbocycles. The monoisotopic (exact) mass is 278 g/mol. The Hall–Kier alpha value is -0.433. The molecule has 18 heavy (non-hydrogen) atoms. The highest BCUT2D eigenvalue weighted by Gasteiger charge is 2.35. The summed E-state index contributed by atoms with van der Waals surface area (Å²) in [5.41, 5.74) is 0. The zero-order chi connectivity index (χ0) is 13.9. The Kier molecular flexibility index (Phi) is 10.2. The molecule has 108 valence electrons. The molecule has 0 aromatic heterocycles. The second kappa shape index (κ2) is 10.5. The van der Waals surface area contributed by atoms with Crippen LogP contribution in [-0.2, 0) is 9.22 Å². The maximum atomic E-state index is 11.0. The SMILES string of the molecule is CCCCCCCCCCCC(=O)O[Si](O)(O)O. The van der Waals surface area contributed by atoms with Crippen LogP contribution in [0.1, 0.15) is 71.1 Å². The van der Waals surface area contributed by atoms with Gasteiger partial charge in [-0.05, 0) is 6.42 Å². The summed E-state index contributed by atoms with van der Waals surface area (Å²) in [6.07, 6.45) is 10.4. The number of rotatable bonds is 11. The van der Waals surface area contributed by atoms with Crippen molar-refractivity contribution in [2.75, 3.05) is 0 Å². The lowest BCUT2D eigenvalue weighted by Crippen LogP contribution is -2.41. The molecule has 5 nitrogen and oxygen atoms in total. The number of hydrogen-bond donors (Lipinski definition) is 3. The molecule has 0 aliphatic heterocycles. The van der Waals surface area contributed by atoms with E-state index in [-0.39, 0.29) is 6.42 Å². The van der Waals surface area contributed by atoms with Crippen molar-refractivity contribution in [1.29, 1.82) is 0 Å². The highest BCUT2D eigenvalue weighted by molar-refractivity contribution is 6.50. The Morgan fingerprint density at radius 3 is 1.78 bits per heavy atom. The molecular weight excluding hydrogens is 252 g/mol. The van der Waals surface area contributed by atoms with Gasteiger partial charge in [0, 0.05) is 6.42 Å². The summed E-state index contributed by atoms with van der Waals surface area (Å²) >= 11 is 0. The number of hydrogen-bond acceptors (Lipinski definition) is 5. The van der Waals surface area contributed by atoms with Crippen LogP contribution in [0, 0.1) is 0 Å². The van der Waals surface area contributed by atoms with Crippen molar-refractivity contribution in [2.24, 2.45) is 0 Å². The van der Waals surface area contributed by atoms with E-state index in [4.69, 9.17) is 14.4 Å². The first-order valence-corrected chi connectivity index (χ1v) is 8.59. The van der Waals surface area contributed by atoms with E-state index in [0.29, 0.717) is 6.42 Å². The van der Waals surface area contributed by atoms with Crippen molar-refractivity contribution in [1.82, 2.24) is 0 Å². The number of unbranched alkanes of at least 4 members (excludes halogenated alkanes) is 8. The highest BCUT2D eigenvalue weighted by Crippen LogP contribution is 2.11. The van der Waals surface area contributed by atoms with Crippen LogP contribution in [0.5, 0.6) is 0 Å². The molecule has 0 aliphatic carbocycles. The van der Waals surface area contributed by atoms with Gasteiger partial charge in [0.05, 0.1) is 0 Å². The molecule has 0 aromatic rings. The summed E-state index contributed by atoms with van der Waals surface area (Å²) in [6, 6.07) is 0. The van der Waals surface area contributed by atoms with Crippen LogP contribution in [0.25, 0.3) is 0 Å². The largest absolute Gasteiger partial charge is 0.743 e. The zero-order valence-electron chi connectivity index (χ0n) is 11.2. The van der Waals surface area contributed by atoms with Gasteiger partial charge in [0.15, 0.2) is 0 Å². The first-order valence-electron chi connectivity index (χ1n) is 6.84. The topological polar surface area (TPSA) is 87.0 Å². The van der Waals surface area contributed by atoms with Gasteiger partial charge in [-0.3, -0.25) is 4.79 Å². The van der Waals surface area contributed by atoms with Gasteiger partial charge in [-0.25, -0.2) is 0 Å². The van der Waals surface area contributed by atoms with Crippen molar-refractivity contribution in [3.8, 4) is 0 Å². The van der Waals surface area contributed by atoms with Crippen LogP contribution in [0.15, 0.2) is 0 Å². The fourth-order valence-electron chi connectivity index (χ4n) is 1.78. The van der Waals surface area contributed by atoms with Gasteiger partial charge in [-0.15, -0.1) is 0 Å². The smallest absolute Gasteiger partial charge is 0.452 e. The second-order valence-electron chi connectivity index (χ2n) is 4.63. The lowest BCUT2D eigenvalue weighted by molar-refractivity contribution is -0.140. The van der Waals surface area contributed by atoms with E-state index in [0.717, 1.165) is 12.8 Å². The lowest BCUT2D eigenvalue weighted by Gasteiger charge is -2.09. The van der Waals surface area contributed by atoms with E-state index in [9.17, 15) is 4.79 Å². The van der Waals surface area contributed by atoms with Crippen molar-refractivity contribution in [2.45, 2.75) is 71.1 Å². The Morgan fingerprint density at radius 1 is 0.889 bits per heavy atom. The van der Waals surface area contributed by atoms with Gasteiger partial charge in [0.1, 0.15) is 0 Å². The van der Waals surface area contributed by atoms with E-state index in [2.05, 4.69) is 11.3 Å². The molecule has 0 aliphatic rings. The minimum Gasteiger partial charge on any atom is -0.452 e. The quantitative estimate of drug-likeness (QED) is 0.397. The van der Waals surface area contributed by atoms with Crippen LogP contribution < -0.4 is 0 Å². The van der Waals surface area contributed by atoms with Crippen molar-refractivity contribution < 1.29 is 23.6 Å². The minimum atomic E-state index is -4.66. The average Bonchev–Trinajstić information content (AvgIpc) is 2.24. The summed E-state index contributed by atoms with van der Waals surface area (Å²) in [5.74, 6) is -0.739. The molecule has 0 fully saturated rings. The predicted octanol–water partition coefficient (Wildman–Crippen LogP) is 1.86. The van der Waals surface area contributed by atoms with Gasteiger partial charge in [-0.2, -0.15) is 0 Å². The highest BCUT2D eigenvalue weighted by atomic mass is 28.4.